The summed E-state index contributed by atoms with van der Waals surface area (Å²) in [6.07, 6.45) is 3.52. The number of rotatable bonds is 4. The van der Waals surface area contributed by atoms with Crippen LogP contribution < -0.4 is 5.32 Å². The van der Waals surface area contributed by atoms with Crippen LogP contribution in [0.25, 0.3) is 0 Å². The maximum absolute atomic E-state index is 11.2. The average Bonchev–Trinajstić information content (AvgIpc) is 3.15. The minimum Gasteiger partial charge on any atom is -0.396 e. The average molecular weight is 350 g/mol. The van der Waals surface area contributed by atoms with Crippen LogP contribution >= 0.6 is 0 Å². The predicted molar refractivity (Wildman–Crippen MR) is 96.8 cm³/mol. The fourth-order valence-electron chi connectivity index (χ4n) is 3.71. The summed E-state index contributed by atoms with van der Waals surface area (Å²) in [6, 6.07) is 16.0. The smallest absolute Gasteiger partial charge is 0.269 e. The van der Waals surface area contributed by atoms with Crippen LogP contribution in [0.3, 0.4) is 0 Å². The molecule has 0 spiro atoms. The zero-order valence-electron chi connectivity index (χ0n) is 13.9. The summed E-state index contributed by atoms with van der Waals surface area (Å²) in [5.41, 5.74) is 1.85. The minimum absolute atomic E-state index is 0.0376. The zero-order chi connectivity index (χ0) is 18.1. The maximum atomic E-state index is 11.2. The van der Waals surface area contributed by atoms with Crippen LogP contribution in [0.2, 0.25) is 0 Å². The second-order valence-electron chi connectivity index (χ2n) is 6.33. The van der Waals surface area contributed by atoms with Crippen LogP contribution in [0.15, 0.2) is 67.0 Å². The molecule has 2 N–H and O–H groups in total. The maximum Gasteiger partial charge on any atom is 0.269 e. The molecule has 7 nitrogen and oxygen atoms in total. The molecule has 0 radical (unpaired) electrons. The van der Waals surface area contributed by atoms with Gasteiger partial charge in [0.25, 0.3) is 5.69 Å². The van der Waals surface area contributed by atoms with Crippen LogP contribution in [0.4, 0.5) is 11.6 Å². The van der Waals surface area contributed by atoms with E-state index in [1.54, 1.807) is 18.3 Å². The first-order valence-corrected chi connectivity index (χ1v) is 8.38. The molecule has 1 aliphatic rings. The van der Waals surface area contributed by atoms with Crippen molar-refractivity contribution in [2.45, 2.75) is 12.1 Å². The van der Waals surface area contributed by atoms with Gasteiger partial charge in [-0.15, -0.1) is 0 Å². The monoisotopic (exact) mass is 350 g/mol. The summed E-state index contributed by atoms with van der Waals surface area (Å²) in [5, 5.41) is 24.8. The number of hydrogen-bond acceptors (Lipinski definition) is 5. The molecular weight excluding hydrogens is 332 g/mol. The number of hydrogen-bond donors (Lipinski definition) is 2. The van der Waals surface area contributed by atoms with E-state index in [2.05, 4.69) is 10.3 Å². The Morgan fingerprint density at radius 3 is 2.65 bits per heavy atom. The van der Waals surface area contributed by atoms with Gasteiger partial charge < -0.3 is 15.0 Å². The molecule has 1 aliphatic heterocycles. The van der Waals surface area contributed by atoms with Gasteiger partial charge in [0, 0.05) is 30.4 Å². The zero-order valence-corrected chi connectivity index (χ0v) is 13.9. The highest BCUT2D eigenvalue weighted by atomic mass is 16.6. The quantitative estimate of drug-likeness (QED) is 0.557. The Hall–Kier alpha value is -3.19. The Labute approximate surface area is 150 Å². The summed E-state index contributed by atoms with van der Waals surface area (Å²) >= 11 is 0. The topological polar surface area (TPSA) is 93.2 Å². The number of aliphatic hydroxyl groups excluding tert-OH is 1. The number of nitrogens with one attached hydrogen (secondary N) is 1. The fraction of sp³-hybridized carbons (Fsp3) is 0.211. The van der Waals surface area contributed by atoms with Crippen LogP contribution in [-0.2, 0) is 0 Å². The molecule has 0 saturated carbocycles. The molecule has 0 fully saturated rings. The number of benzene rings is 2. The van der Waals surface area contributed by atoms with Crippen LogP contribution in [-0.4, -0.2) is 26.2 Å². The first kappa shape index (κ1) is 16.3. The number of nitro groups is 1. The van der Waals surface area contributed by atoms with Crippen LogP contribution in [0, 0.1) is 16.0 Å². The molecule has 2 aromatic carbocycles. The lowest BCUT2D eigenvalue weighted by Crippen LogP contribution is -2.38. The number of anilines is 1. The number of aliphatic hydroxyl groups is 1. The Kier molecular flexibility index (Phi) is 4.14. The van der Waals surface area contributed by atoms with E-state index in [0.29, 0.717) is 5.95 Å². The van der Waals surface area contributed by atoms with Crippen molar-refractivity contribution >= 4 is 11.6 Å². The van der Waals surface area contributed by atoms with Crippen LogP contribution in [0.5, 0.6) is 0 Å². The third-order valence-electron chi connectivity index (χ3n) is 4.88. The van der Waals surface area contributed by atoms with Gasteiger partial charge in [-0.25, -0.2) is 4.98 Å². The second kappa shape index (κ2) is 6.61. The molecule has 4 rings (SSSR count). The molecule has 26 heavy (non-hydrogen) atoms. The van der Waals surface area contributed by atoms with Crippen molar-refractivity contribution in [3.05, 3.63) is 88.2 Å². The number of nitrogens with zero attached hydrogens (tertiary/aromatic N) is 3. The van der Waals surface area contributed by atoms with Crippen molar-refractivity contribution < 1.29 is 10.0 Å². The van der Waals surface area contributed by atoms with E-state index < -0.39 is 4.92 Å². The van der Waals surface area contributed by atoms with Gasteiger partial charge in [0.15, 0.2) is 0 Å². The van der Waals surface area contributed by atoms with Gasteiger partial charge in [-0.2, -0.15) is 0 Å². The first-order chi connectivity index (χ1) is 12.7. The van der Waals surface area contributed by atoms with Crippen molar-refractivity contribution in [1.82, 2.24) is 9.55 Å². The van der Waals surface area contributed by atoms with Crippen molar-refractivity contribution in [2.24, 2.45) is 5.92 Å². The predicted octanol–water partition coefficient (Wildman–Crippen LogP) is 3.16. The lowest BCUT2D eigenvalue weighted by molar-refractivity contribution is -0.384. The molecule has 0 unspecified atom stereocenters. The van der Waals surface area contributed by atoms with E-state index in [1.165, 1.54) is 6.07 Å². The SMILES string of the molecule is O=[N+]([O-])c1cccc([C@@H]2[C@@H](CO)[C@H](c3ccccc3)Nc3nccn32)c1. The lowest BCUT2D eigenvalue weighted by Gasteiger charge is -2.39. The van der Waals surface area contributed by atoms with E-state index >= 15 is 0 Å². The Morgan fingerprint density at radius 1 is 1.15 bits per heavy atom. The van der Waals surface area contributed by atoms with Crippen molar-refractivity contribution in [2.75, 3.05) is 11.9 Å². The van der Waals surface area contributed by atoms with E-state index in [1.807, 2.05) is 47.2 Å². The summed E-state index contributed by atoms with van der Waals surface area (Å²) in [4.78, 5) is 15.2. The van der Waals surface area contributed by atoms with Gasteiger partial charge in [0.05, 0.1) is 23.6 Å². The fourth-order valence-corrected chi connectivity index (χ4v) is 3.71. The highest BCUT2D eigenvalue weighted by Gasteiger charge is 2.38. The van der Waals surface area contributed by atoms with Gasteiger partial charge in [-0.3, -0.25) is 10.1 Å². The minimum atomic E-state index is -0.401. The molecule has 0 aliphatic carbocycles. The summed E-state index contributed by atoms with van der Waals surface area (Å²) < 4.78 is 1.93. The van der Waals surface area contributed by atoms with E-state index in [4.69, 9.17) is 0 Å². The van der Waals surface area contributed by atoms with Crippen LogP contribution in [0.1, 0.15) is 23.2 Å². The van der Waals surface area contributed by atoms with Gasteiger partial charge in [0.2, 0.25) is 5.95 Å². The molecule has 1 aromatic heterocycles. The number of imidazole rings is 1. The number of non-ortho nitro benzene ring substituents is 1. The van der Waals surface area contributed by atoms with Gasteiger partial charge in [-0.05, 0) is 11.1 Å². The van der Waals surface area contributed by atoms with E-state index in [-0.39, 0.29) is 30.3 Å². The molecule has 2 heterocycles. The number of nitro benzene ring substituents is 1. The summed E-state index contributed by atoms with van der Waals surface area (Å²) in [5.74, 6) is 0.473. The third-order valence-corrected chi connectivity index (χ3v) is 4.88. The molecule has 3 atom stereocenters. The van der Waals surface area contributed by atoms with Gasteiger partial charge in [0.1, 0.15) is 0 Å². The number of fused-ring (bicyclic) bond motifs is 1. The highest BCUT2D eigenvalue weighted by molar-refractivity contribution is 5.43. The second-order valence-corrected chi connectivity index (χ2v) is 6.33. The molecular formula is C19H18N4O3. The van der Waals surface area contributed by atoms with Crippen molar-refractivity contribution in [3.63, 3.8) is 0 Å². The van der Waals surface area contributed by atoms with E-state index in [0.717, 1.165) is 11.1 Å². The Morgan fingerprint density at radius 2 is 1.92 bits per heavy atom. The molecule has 3 aromatic rings. The van der Waals surface area contributed by atoms with Crippen molar-refractivity contribution in [3.8, 4) is 0 Å². The number of aromatic nitrogens is 2. The Balaban J connectivity index is 1.84. The van der Waals surface area contributed by atoms with Gasteiger partial charge >= 0.3 is 0 Å². The summed E-state index contributed by atoms with van der Waals surface area (Å²) in [6.45, 7) is -0.0719. The normalized spacial score (nSPS) is 21.7. The molecule has 0 amide bonds. The van der Waals surface area contributed by atoms with E-state index in [9.17, 15) is 15.2 Å². The molecule has 0 bridgehead atoms. The molecule has 0 saturated heterocycles. The summed E-state index contributed by atoms with van der Waals surface area (Å²) in [7, 11) is 0. The molecule has 7 heteroatoms. The lowest BCUT2D eigenvalue weighted by atomic mass is 9.82. The van der Waals surface area contributed by atoms with Gasteiger partial charge in [-0.1, -0.05) is 42.5 Å². The third kappa shape index (κ3) is 2.72. The first-order valence-electron chi connectivity index (χ1n) is 8.38. The van der Waals surface area contributed by atoms with Crippen molar-refractivity contribution in [1.29, 1.82) is 0 Å². The Bertz CT molecular complexity index is 925. The highest BCUT2D eigenvalue weighted by Crippen LogP contribution is 2.43. The largest absolute Gasteiger partial charge is 0.396 e. The standard InChI is InChI=1S/C19H18N4O3/c24-12-16-17(13-5-2-1-3-6-13)21-19-20-9-10-22(19)18(16)14-7-4-8-15(11-14)23(25)26/h1-11,16-18,24H,12H2,(H,20,21)/t16-,17-,18+/m0/s1. The molecule has 132 valence electrons.